The molecule has 0 bridgehead atoms. The van der Waals surface area contributed by atoms with Crippen LogP contribution in [0.1, 0.15) is 17.8 Å². The van der Waals surface area contributed by atoms with Gasteiger partial charge in [-0.2, -0.15) is 0 Å². The fourth-order valence-corrected chi connectivity index (χ4v) is 4.23. The number of anilines is 1. The van der Waals surface area contributed by atoms with Crippen LogP contribution in [0.2, 0.25) is 0 Å². The minimum atomic E-state index is -0.0920. The van der Waals surface area contributed by atoms with Crippen molar-refractivity contribution in [3.63, 3.8) is 0 Å². The van der Waals surface area contributed by atoms with E-state index in [-0.39, 0.29) is 5.60 Å². The van der Waals surface area contributed by atoms with Crippen molar-refractivity contribution in [1.29, 1.82) is 0 Å². The van der Waals surface area contributed by atoms with Crippen molar-refractivity contribution in [1.82, 2.24) is 19.9 Å². The number of nitrogens with zero attached hydrogens (tertiary/aromatic N) is 5. The first-order chi connectivity index (χ1) is 11.3. The van der Waals surface area contributed by atoms with E-state index in [4.69, 9.17) is 4.74 Å². The molecule has 0 saturated carbocycles. The summed E-state index contributed by atoms with van der Waals surface area (Å²) in [6.45, 7) is 5.57. The first kappa shape index (κ1) is 15.0. The first-order valence-corrected chi connectivity index (χ1v) is 8.97. The van der Waals surface area contributed by atoms with Gasteiger partial charge in [0.25, 0.3) is 0 Å². The van der Waals surface area contributed by atoms with Crippen LogP contribution in [0, 0.1) is 0 Å². The molecule has 2 aliphatic heterocycles. The summed E-state index contributed by atoms with van der Waals surface area (Å²) in [5.41, 5.74) is -0.0920. The number of morpholine rings is 1. The van der Waals surface area contributed by atoms with Crippen molar-refractivity contribution in [3.8, 4) is 0 Å². The molecular formula is C16H21N5OS. The van der Waals surface area contributed by atoms with Crippen LogP contribution in [0.25, 0.3) is 0 Å². The Morgan fingerprint density at radius 1 is 1.17 bits per heavy atom. The second-order valence-corrected chi connectivity index (χ2v) is 7.24. The maximum atomic E-state index is 6.26. The Balaban J connectivity index is 1.46. The van der Waals surface area contributed by atoms with Gasteiger partial charge in [-0.15, -0.1) is 11.3 Å². The second-order valence-electron chi connectivity index (χ2n) is 6.26. The Morgan fingerprint density at radius 3 is 3.00 bits per heavy atom. The Kier molecular flexibility index (Phi) is 4.24. The van der Waals surface area contributed by atoms with Gasteiger partial charge in [0.2, 0.25) is 0 Å². The fraction of sp³-hybridized carbons (Fsp3) is 0.562. The van der Waals surface area contributed by atoms with Crippen molar-refractivity contribution in [2.24, 2.45) is 0 Å². The fourth-order valence-electron chi connectivity index (χ4n) is 3.58. The van der Waals surface area contributed by atoms with Gasteiger partial charge in [0.1, 0.15) is 10.8 Å². The zero-order valence-corrected chi connectivity index (χ0v) is 13.9. The monoisotopic (exact) mass is 331 g/mol. The highest BCUT2D eigenvalue weighted by molar-refractivity contribution is 7.09. The molecule has 2 aliphatic rings. The summed E-state index contributed by atoms with van der Waals surface area (Å²) in [5.74, 6) is 0.951. The molecular weight excluding hydrogens is 310 g/mol. The predicted octanol–water partition coefficient (Wildman–Crippen LogP) is 1.80. The Morgan fingerprint density at radius 2 is 2.17 bits per heavy atom. The summed E-state index contributed by atoms with van der Waals surface area (Å²) < 4.78 is 6.26. The summed E-state index contributed by atoms with van der Waals surface area (Å²) in [4.78, 5) is 17.8. The van der Waals surface area contributed by atoms with E-state index in [0.717, 1.165) is 58.0 Å². The number of ether oxygens (including phenoxy) is 1. The molecule has 0 aromatic carbocycles. The third-order valence-corrected chi connectivity index (χ3v) is 5.35. The number of hydrogen-bond donors (Lipinski definition) is 0. The maximum Gasteiger partial charge on any atom is 0.147 e. The van der Waals surface area contributed by atoms with Crippen LogP contribution < -0.4 is 4.90 Å². The molecule has 23 heavy (non-hydrogen) atoms. The normalized spacial score (nSPS) is 25.8. The molecule has 2 saturated heterocycles. The molecule has 1 atom stereocenters. The number of hydrogen-bond acceptors (Lipinski definition) is 7. The van der Waals surface area contributed by atoms with E-state index in [1.807, 2.05) is 17.8 Å². The Bertz CT molecular complexity index is 619. The summed E-state index contributed by atoms with van der Waals surface area (Å²) >= 11 is 1.73. The van der Waals surface area contributed by atoms with Gasteiger partial charge in [-0.25, -0.2) is 9.97 Å². The van der Waals surface area contributed by atoms with Crippen molar-refractivity contribution < 1.29 is 4.74 Å². The maximum absolute atomic E-state index is 6.26. The molecule has 122 valence electrons. The highest BCUT2D eigenvalue weighted by atomic mass is 32.1. The third kappa shape index (κ3) is 3.36. The van der Waals surface area contributed by atoms with Gasteiger partial charge in [0, 0.05) is 50.1 Å². The summed E-state index contributed by atoms with van der Waals surface area (Å²) in [7, 11) is 0. The van der Waals surface area contributed by atoms with Gasteiger partial charge in [-0.05, 0) is 12.8 Å². The minimum Gasteiger partial charge on any atom is -0.370 e. The van der Waals surface area contributed by atoms with Crippen LogP contribution in [-0.4, -0.2) is 58.2 Å². The largest absolute Gasteiger partial charge is 0.370 e. The topological polar surface area (TPSA) is 54.4 Å². The lowest BCUT2D eigenvalue weighted by atomic mass is 9.90. The van der Waals surface area contributed by atoms with Crippen LogP contribution in [0.4, 0.5) is 5.82 Å². The highest BCUT2D eigenvalue weighted by Crippen LogP contribution is 2.31. The van der Waals surface area contributed by atoms with Gasteiger partial charge in [0.05, 0.1) is 24.9 Å². The van der Waals surface area contributed by atoms with Gasteiger partial charge in [0.15, 0.2) is 0 Å². The van der Waals surface area contributed by atoms with Crippen LogP contribution in [0.3, 0.4) is 0 Å². The first-order valence-electron chi connectivity index (χ1n) is 8.09. The number of rotatable bonds is 3. The molecule has 2 fully saturated rings. The number of piperidine rings is 1. The molecule has 0 aliphatic carbocycles. The van der Waals surface area contributed by atoms with Crippen molar-refractivity contribution in [3.05, 3.63) is 35.2 Å². The smallest absolute Gasteiger partial charge is 0.147 e. The van der Waals surface area contributed by atoms with Gasteiger partial charge in [-0.1, -0.05) is 0 Å². The molecule has 1 spiro atoms. The van der Waals surface area contributed by atoms with E-state index in [1.54, 1.807) is 23.7 Å². The molecule has 0 unspecified atom stereocenters. The lowest BCUT2D eigenvalue weighted by molar-refractivity contribution is -0.116. The van der Waals surface area contributed by atoms with Crippen molar-refractivity contribution >= 4 is 17.2 Å². The molecule has 4 rings (SSSR count). The van der Waals surface area contributed by atoms with Crippen LogP contribution >= 0.6 is 11.3 Å². The molecule has 2 aromatic rings. The predicted molar refractivity (Wildman–Crippen MR) is 89.6 cm³/mol. The standard InChI is InChI=1S/C16H21N5OS/c1-2-16(13-21(6-1)14-10-17-3-4-18-14)12-20(7-8-22-16)11-15-19-5-9-23-15/h3-5,9-10H,1-2,6-8,11-13H2/t16-/m0/s1. The quantitative estimate of drug-likeness (QED) is 0.855. The van der Waals surface area contributed by atoms with E-state index in [2.05, 4.69) is 24.8 Å². The number of aromatic nitrogens is 3. The van der Waals surface area contributed by atoms with Crippen molar-refractivity contribution in [2.75, 3.05) is 37.7 Å². The number of thiazole rings is 1. The highest BCUT2D eigenvalue weighted by Gasteiger charge is 2.41. The summed E-state index contributed by atoms with van der Waals surface area (Å²) in [6.07, 6.45) is 9.44. The zero-order valence-electron chi connectivity index (χ0n) is 13.1. The van der Waals surface area contributed by atoms with E-state index in [0.29, 0.717) is 0 Å². The lowest BCUT2D eigenvalue weighted by Crippen LogP contribution is -2.59. The Hall–Kier alpha value is -1.57. The third-order valence-electron chi connectivity index (χ3n) is 4.58. The minimum absolute atomic E-state index is 0.0920. The van der Waals surface area contributed by atoms with Crippen LogP contribution in [0.15, 0.2) is 30.2 Å². The molecule has 0 amide bonds. The van der Waals surface area contributed by atoms with E-state index >= 15 is 0 Å². The molecule has 0 N–H and O–H groups in total. The average molecular weight is 331 g/mol. The van der Waals surface area contributed by atoms with Crippen molar-refractivity contribution in [2.45, 2.75) is 25.0 Å². The van der Waals surface area contributed by atoms with Gasteiger partial charge < -0.3 is 9.64 Å². The van der Waals surface area contributed by atoms with Gasteiger partial charge >= 0.3 is 0 Å². The molecule has 0 radical (unpaired) electrons. The summed E-state index contributed by atoms with van der Waals surface area (Å²) in [5, 5.41) is 3.23. The lowest BCUT2D eigenvalue weighted by Gasteiger charge is -2.48. The average Bonchev–Trinajstić information content (AvgIpc) is 3.09. The molecule has 2 aromatic heterocycles. The van der Waals surface area contributed by atoms with E-state index in [1.165, 1.54) is 5.01 Å². The molecule has 7 heteroatoms. The van der Waals surface area contributed by atoms with E-state index < -0.39 is 0 Å². The summed E-state index contributed by atoms with van der Waals surface area (Å²) in [6, 6.07) is 0. The van der Waals surface area contributed by atoms with Crippen LogP contribution in [0.5, 0.6) is 0 Å². The Labute approximate surface area is 140 Å². The second kappa shape index (κ2) is 6.51. The zero-order chi connectivity index (χ0) is 15.5. The SMILES string of the molecule is c1cnc(N2CCC[C@]3(CN(Cc4nccs4)CCO3)C2)cn1. The molecule has 4 heterocycles. The van der Waals surface area contributed by atoms with Crippen LogP contribution in [-0.2, 0) is 11.3 Å². The molecule has 6 nitrogen and oxygen atoms in total. The van der Waals surface area contributed by atoms with Gasteiger partial charge in [-0.3, -0.25) is 9.88 Å². The van der Waals surface area contributed by atoms with E-state index in [9.17, 15) is 0 Å².